The third-order valence-corrected chi connectivity index (χ3v) is 6.14. The topological polar surface area (TPSA) is 39.4 Å². The third-order valence-electron chi connectivity index (χ3n) is 6.14. The largest absolute Gasteiger partial charge is 0.427 e. The van der Waals surface area contributed by atoms with E-state index >= 15 is 4.39 Å². The fourth-order valence-electron chi connectivity index (χ4n) is 4.27. The molecule has 0 aliphatic carbocycles. The van der Waals surface area contributed by atoms with Gasteiger partial charge in [0.15, 0.2) is 0 Å². The lowest BCUT2D eigenvalue weighted by Gasteiger charge is -2.27. The van der Waals surface area contributed by atoms with E-state index in [1.165, 1.54) is 5.56 Å². The second-order valence-electron chi connectivity index (χ2n) is 8.39. The van der Waals surface area contributed by atoms with Crippen molar-refractivity contribution in [3.63, 3.8) is 0 Å². The minimum absolute atomic E-state index is 0.0329. The van der Waals surface area contributed by atoms with Crippen LogP contribution in [0.2, 0.25) is 0 Å². The summed E-state index contributed by atoms with van der Waals surface area (Å²) in [6.45, 7) is 4.96. The maximum Gasteiger partial charge on any atom is 0.346 e. The first-order chi connectivity index (χ1) is 14.6. The van der Waals surface area contributed by atoms with Crippen molar-refractivity contribution >= 4 is 10.8 Å². The average molecular weight is 409 g/mol. The molecule has 0 radical (unpaired) electrons. The van der Waals surface area contributed by atoms with Crippen molar-refractivity contribution in [2.75, 3.05) is 6.61 Å². The maximum atomic E-state index is 15.3. The van der Waals surface area contributed by atoms with Gasteiger partial charge in [-0.1, -0.05) is 56.2 Å². The van der Waals surface area contributed by atoms with Crippen molar-refractivity contribution in [2.24, 2.45) is 0 Å². The summed E-state index contributed by atoms with van der Waals surface area (Å²) in [4.78, 5) is 12.5. The second-order valence-corrected chi connectivity index (χ2v) is 8.39. The first-order valence-corrected chi connectivity index (χ1v) is 11.0. The van der Waals surface area contributed by atoms with Gasteiger partial charge < -0.3 is 9.15 Å². The summed E-state index contributed by atoms with van der Waals surface area (Å²) in [5.41, 5.74) is 1.80. The SMILES string of the molecule is CCCCCc1cc2ccc(-c3ccc(C4CCC(C)OC4)cc3)c(F)c2c(=O)o1. The van der Waals surface area contributed by atoms with Crippen LogP contribution in [0.4, 0.5) is 4.39 Å². The van der Waals surface area contributed by atoms with E-state index in [9.17, 15) is 4.79 Å². The van der Waals surface area contributed by atoms with Gasteiger partial charge in [0.1, 0.15) is 17.0 Å². The van der Waals surface area contributed by atoms with E-state index in [-0.39, 0.29) is 5.39 Å². The van der Waals surface area contributed by atoms with Crippen LogP contribution in [0.1, 0.15) is 63.2 Å². The molecule has 1 aliphatic rings. The number of fused-ring (bicyclic) bond motifs is 1. The first-order valence-electron chi connectivity index (χ1n) is 11.0. The highest BCUT2D eigenvalue weighted by Crippen LogP contribution is 2.32. The fraction of sp³-hybridized carbons (Fsp3) is 0.423. The normalized spacial score (nSPS) is 19.3. The van der Waals surface area contributed by atoms with E-state index in [1.54, 1.807) is 12.1 Å². The Kier molecular flexibility index (Phi) is 6.33. The number of ether oxygens (including phenoxy) is 1. The molecule has 0 bridgehead atoms. The lowest BCUT2D eigenvalue weighted by molar-refractivity contribution is 0.0155. The van der Waals surface area contributed by atoms with E-state index in [0.29, 0.717) is 35.2 Å². The molecule has 0 saturated carbocycles. The molecular weight excluding hydrogens is 379 g/mol. The molecule has 158 valence electrons. The van der Waals surface area contributed by atoms with Crippen LogP contribution in [0.5, 0.6) is 0 Å². The Labute approximate surface area is 176 Å². The average Bonchev–Trinajstić information content (AvgIpc) is 2.75. The molecule has 2 heterocycles. The molecule has 3 aromatic rings. The molecule has 0 spiro atoms. The molecule has 2 aromatic carbocycles. The van der Waals surface area contributed by atoms with E-state index in [4.69, 9.17) is 9.15 Å². The van der Waals surface area contributed by atoms with Gasteiger partial charge in [-0.3, -0.25) is 0 Å². The van der Waals surface area contributed by atoms with E-state index in [0.717, 1.165) is 44.3 Å². The molecule has 0 amide bonds. The summed E-state index contributed by atoms with van der Waals surface area (Å²) in [7, 11) is 0. The Morgan fingerprint density at radius 2 is 1.87 bits per heavy atom. The molecule has 0 N–H and O–H groups in total. The highest BCUT2D eigenvalue weighted by atomic mass is 19.1. The minimum atomic E-state index is -0.594. The predicted octanol–water partition coefficient (Wildman–Crippen LogP) is 6.61. The van der Waals surface area contributed by atoms with Gasteiger partial charge in [-0.05, 0) is 48.8 Å². The number of hydrogen-bond acceptors (Lipinski definition) is 3. The molecule has 4 heteroatoms. The highest BCUT2D eigenvalue weighted by Gasteiger charge is 2.20. The van der Waals surface area contributed by atoms with E-state index in [1.807, 2.05) is 30.3 Å². The lowest BCUT2D eigenvalue weighted by Crippen LogP contribution is -2.22. The number of unbranched alkanes of at least 4 members (excludes halogenated alkanes) is 2. The van der Waals surface area contributed by atoms with Crippen molar-refractivity contribution in [2.45, 2.75) is 64.4 Å². The quantitative estimate of drug-likeness (QED) is 0.431. The molecule has 1 aliphatic heterocycles. The van der Waals surface area contributed by atoms with E-state index in [2.05, 4.69) is 13.8 Å². The molecule has 2 unspecified atom stereocenters. The molecule has 1 aromatic heterocycles. The number of benzene rings is 2. The second kappa shape index (κ2) is 9.13. The van der Waals surface area contributed by atoms with Crippen molar-refractivity contribution in [3.05, 3.63) is 70.0 Å². The Balaban J connectivity index is 1.61. The van der Waals surface area contributed by atoms with Crippen LogP contribution < -0.4 is 5.63 Å². The number of halogens is 1. The van der Waals surface area contributed by atoms with Crippen molar-refractivity contribution in [1.82, 2.24) is 0 Å². The fourth-order valence-corrected chi connectivity index (χ4v) is 4.27. The van der Waals surface area contributed by atoms with Crippen LogP contribution in [0, 0.1) is 5.82 Å². The third kappa shape index (κ3) is 4.34. The Hall–Kier alpha value is -2.46. The van der Waals surface area contributed by atoms with Gasteiger partial charge in [-0.2, -0.15) is 0 Å². The Morgan fingerprint density at radius 1 is 1.07 bits per heavy atom. The molecule has 2 atom stereocenters. The van der Waals surface area contributed by atoms with Gasteiger partial charge >= 0.3 is 5.63 Å². The molecule has 4 rings (SSSR count). The summed E-state index contributed by atoms with van der Waals surface area (Å²) in [5.74, 6) is 0.500. The zero-order valence-corrected chi connectivity index (χ0v) is 17.7. The smallest absolute Gasteiger partial charge is 0.346 e. The van der Waals surface area contributed by atoms with Gasteiger partial charge in [0.25, 0.3) is 0 Å². The summed E-state index contributed by atoms with van der Waals surface area (Å²) < 4.78 is 26.5. The van der Waals surface area contributed by atoms with Crippen LogP contribution >= 0.6 is 0 Å². The zero-order chi connectivity index (χ0) is 21.1. The number of aryl methyl sites for hydroxylation is 1. The van der Waals surface area contributed by atoms with Gasteiger partial charge in [0.05, 0.1) is 12.7 Å². The van der Waals surface area contributed by atoms with Crippen LogP contribution in [0.15, 0.2) is 51.7 Å². The summed E-state index contributed by atoms with van der Waals surface area (Å²) in [5, 5.41) is 0.634. The van der Waals surface area contributed by atoms with E-state index < -0.39 is 11.4 Å². The maximum absolute atomic E-state index is 15.3. The molecule has 1 fully saturated rings. The van der Waals surface area contributed by atoms with Crippen molar-refractivity contribution in [1.29, 1.82) is 0 Å². The van der Waals surface area contributed by atoms with Crippen molar-refractivity contribution in [3.8, 4) is 11.1 Å². The first kappa shape index (κ1) is 20.8. The van der Waals surface area contributed by atoms with Crippen LogP contribution in [-0.4, -0.2) is 12.7 Å². The summed E-state index contributed by atoms with van der Waals surface area (Å²) in [6, 6.07) is 13.3. The van der Waals surface area contributed by atoms with Crippen LogP contribution in [0.25, 0.3) is 21.9 Å². The summed E-state index contributed by atoms with van der Waals surface area (Å²) in [6.07, 6.45) is 6.33. The molecule has 3 nitrogen and oxygen atoms in total. The molecular formula is C26H29FO3. The van der Waals surface area contributed by atoms with Gasteiger partial charge in [0.2, 0.25) is 0 Å². The summed E-state index contributed by atoms with van der Waals surface area (Å²) >= 11 is 0. The molecule has 30 heavy (non-hydrogen) atoms. The lowest BCUT2D eigenvalue weighted by atomic mass is 9.90. The monoisotopic (exact) mass is 408 g/mol. The molecule has 1 saturated heterocycles. The van der Waals surface area contributed by atoms with Gasteiger partial charge in [-0.25, -0.2) is 9.18 Å². The van der Waals surface area contributed by atoms with Crippen LogP contribution in [0.3, 0.4) is 0 Å². The standard InChI is InChI=1S/C26H29FO3/c1-3-4-5-6-22-15-20-13-14-23(25(27)24(20)26(28)30-22)19-11-9-18(10-12-19)21-8-7-17(2)29-16-21/h9-15,17,21H,3-8,16H2,1-2H3. The predicted molar refractivity (Wildman–Crippen MR) is 118 cm³/mol. The number of rotatable bonds is 6. The Bertz CT molecular complexity index is 1060. The Morgan fingerprint density at radius 3 is 2.57 bits per heavy atom. The number of hydrogen-bond donors (Lipinski definition) is 0. The van der Waals surface area contributed by atoms with Crippen LogP contribution in [-0.2, 0) is 11.2 Å². The van der Waals surface area contributed by atoms with Crippen molar-refractivity contribution < 1.29 is 13.5 Å². The highest BCUT2D eigenvalue weighted by molar-refractivity contribution is 5.87. The minimum Gasteiger partial charge on any atom is -0.427 e. The van der Waals surface area contributed by atoms with Gasteiger partial charge in [-0.15, -0.1) is 0 Å². The van der Waals surface area contributed by atoms with Gasteiger partial charge in [0, 0.05) is 17.9 Å². The zero-order valence-electron chi connectivity index (χ0n) is 17.7.